The van der Waals surface area contributed by atoms with E-state index in [-0.39, 0.29) is 31.0 Å². The maximum atomic E-state index is 13.4. The lowest BCUT2D eigenvalue weighted by atomic mass is 9.86. The smallest absolute Gasteiger partial charge is 0.343 e. The van der Waals surface area contributed by atoms with Crippen LogP contribution in [0.2, 0.25) is 0 Å². The van der Waals surface area contributed by atoms with Gasteiger partial charge in [-0.05, 0) is 30.5 Å². The van der Waals surface area contributed by atoms with Crippen LogP contribution < -0.4 is 16.6 Å². The van der Waals surface area contributed by atoms with Crippen LogP contribution in [0.15, 0.2) is 41.2 Å². The first-order chi connectivity index (χ1) is 16.9. The summed E-state index contributed by atoms with van der Waals surface area (Å²) in [6, 6.07) is 9.44. The molecule has 0 bridgehead atoms. The molecule has 3 aromatic rings. The van der Waals surface area contributed by atoms with E-state index in [9.17, 15) is 19.5 Å². The van der Waals surface area contributed by atoms with E-state index in [4.69, 9.17) is 15.5 Å². The number of nitrogens with two attached hydrogens (primary N) is 1. The fourth-order valence-corrected chi connectivity index (χ4v) is 4.82. The van der Waals surface area contributed by atoms with Crippen LogP contribution in [0.4, 0.5) is 0 Å². The van der Waals surface area contributed by atoms with Crippen LogP contribution in [-0.4, -0.2) is 39.6 Å². The fraction of sp³-hybridized carbons (Fsp3) is 0.308. The summed E-state index contributed by atoms with van der Waals surface area (Å²) >= 11 is 0. The topological polar surface area (TPSA) is 137 Å². The van der Waals surface area contributed by atoms with Crippen molar-refractivity contribution in [3.63, 3.8) is 0 Å². The Morgan fingerprint density at radius 1 is 1.31 bits per heavy atom. The van der Waals surface area contributed by atoms with Crippen molar-refractivity contribution < 1.29 is 19.4 Å². The van der Waals surface area contributed by atoms with Crippen molar-refractivity contribution in [2.24, 2.45) is 5.73 Å². The van der Waals surface area contributed by atoms with Gasteiger partial charge < -0.3 is 25.5 Å². The number of esters is 1. The molecule has 1 aromatic carbocycles. The lowest BCUT2D eigenvalue weighted by Gasteiger charge is -2.31. The number of benzene rings is 1. The van der Waals surface area contributed by atoms with Gasteiger partial charge in [-0.3, -0.25) is 9.59 Å². The second-order valence-corrected chi connectivity index (χ2v) is 8.72. The molecule has 0 aliphatic carbocycles. The Kier molecular flexibility index (Phi) is 5.74. The van der Waals surface area contributed by atoms with Gasteiger partial charge in [-0.1, -0.05) is 37.3 Å². The number of carbonyl (C=O) groups is 2. The molecule has 1 atom stereocenters. The minimum atomic E-state index is -1.86. The van der Waals surface area contributed by atoms with Gasteiger partial charge in [0.15, 0.2) is 5.60 Å². The molecule has 4 N–H and O–H groups in total. The molecule has 0 fully saturated rings. The van der Waals surface area contributed by atoms with Gasteiger partial charge in [0.25, 0.3) is 5.56 Å². The van der Waals surface area contributed by atoms with Crippen LogP contribution in [0, 0.1) is 0 Å². The van der Waals surface area contributed by atoms with Crippen LogP contribution >= 0.6 is 0 Å². The zero-order valence-corrected chi connectivity index (χ0v) is 19.3. The zero-order chi connectivity index (χ0) is 24.7. The maximum Gasteiger partial charge on any atom is 0.343 e. The molecule has 2 aromatic heterocycles. The van der Waals surface area contributed by atoms with Gasteiger partial charge in [-0.15, -0.1) is 0 Å². The maximum absolute atomic E-state index is 13.4. The summed E-state index contributed by atoms with van der Waals surface area (Å²) in [5.41, 5.74) is 7.58. The van der Waals surface area contributed by atoms with E-state index < -0.39 is 11.6 Å². The van der Waals surface area contributed by atoms with Gasteiger partial charge in [0, 0.05) is 23.1 Å². The van der Waals surface area contributed by atoms with Gasteiger partial charge in [0.05, 0.1) is 35.6 Å². The van der Waals surface area contributed by atoms with E-state index in [2.05, 4.69) is 5.32 Å². The molecule has 2 aliphatic heterocycles. The minimum Gasteiger partial charge on any atom is -0.458 e. The number of amides is 1. The van der Waals surface area contributed by atoms with Crippen LogP contribution in [0.5, 0.6) is 0 Å². The predicted molar refractivity (Wildman–Crippen MR) is 130 cm³/mol. The number of fused-ring (bicyclic) bond motifs is 5. The number of pyridine rings is 2. The number of para-hydroxylation sites is 1. The van der Waals surface area contributed by atoms with Gasteiger partial charge in [-0.2, -0.15) is 0 Å². The number of hydrogen-bond acceptors (Lipinski definition) is 7. The number of carbonyl (C=O) groups excluding carboxylic acids is 2. The molecule has 4 heterocycles. The van der Waals surface area contributed by atoms with Gasteiger partial charge >= 0.3 is 5.97 Å². The van der Waals surface area contributed by atoms with Crippen LogP contribution in [-0.2, 0) is 33.1 Å². The molecule has 0 radical (unpaired) electrons. The minimum absolute atomic E-state index is 0.0486. The van der Waals surface area contributed by atoms with Crippen molar-refractivity contribution in [2.75, 3.05) is 13.1 Å². The third-order valence-corrected chi connectivity index (χ3v) is 6.74. The zero-order valence-electron chi connectivity index (χ0n) is 19.3. The molecule has 9 heteroatoms. The van der Waals surface area contributed by atoms with Gasteiger partial charge in [0.1, 0.15) is 6.61 Å². The highest BCUT2D eigenvalue weighted by atomic mass is 16.6. The summed E-state index contributed by atoms with van der Waals surface area (Å²) in [5.74, 6) is -0.950. The number of hydrogen-bond donors (Lipinski definition) is 3. The standard InChI is InChI=1S/C26H26N4O5/c1-2-26(34)19-11-21-23-17(13-30(21)24(32)18(19)14-35-25(26)33)15(7-5-6-10-28-22(31)12-27)16-8-3-4-9-20(16)29-23/h3-5,7-9,11,34H,2,6,10,12-14,27H2,1H3,(H,28,31)/b7-5+/t26-/m0/s1. The molecule has 1 amide bonds. The number of cyclic esters (lactones) is 1. The third kappa shape index (κ3) is 3.64. The molecule has 0 spiro atoms. The summed E-state index contributed by atoms with van der Waals surface area (Å²) < 4.78 is 6.78. The van der Waals surface area contributed by atoms with Crippen LogP contribution in [0.3, 0.4) is 0 Å². The average Bonchev–Trinajstić information content (AvgIpc) is 3.24. The number of aromatic nitrogens is 2. The van der Waals surface area contributed by atoms with E-state index in [0.717, 1.165) is 22.0 Å². The molecule has 0 unspecified atom stereocenters. The number of rotatable bonds is 6. The predicted octanol–water partition coefficient (Wildman–Crippen LogP) is 1.56. The summed E-state index contributed by atoms with van der Waals surface area (Å²) in [5, 5.41) is 14.8. The van der Waals surface area contributed by atoms with E-state index in [0.29, 0.717) is 42.0 Å². The molecular weight excluding hydrogens is 448 g/mol. The highest BCUT2D eigenvalue weighted by Gasteiger charge is 2.45. The van der Waals surface area contributed by atoms with E-state index in [1.54, 1.807) is 17.6 Å². The monoisotopic (exact) mass is 474 g/mol. The molecule has 9 nitrogen and oxygen atoms in total. The quantitative estimate of drug-likeness (QED) is 0.285. The van der Waals surface area contributed by atoms with E-state index in [1.165, 1.54) is 0 Å². The fourth-order valence-electron chi connectivity index (χ4n) is 4.82. The Hall–Kier alpha value is -3.82. The summed E-state index contributed by atoms with van der Waals surface area (Å²) in [6.07, 6.45) is 4.66. The molecule has 180 valence electrons. The molecule has 2 aliphatic rings. The number of nitrogens with one attached hydrogen (secondary N) is 1. The molecular formula is C26H26N4O5. The highest BCUT2D eigenvalue weighted by molar-refractivity contribution is 5.93. The van der Waals surface area contributed by atoms with Crippen LogP contribution in [0.1, 0.15) is 42.0 Å². The molecule has 5 rings (SSSR count). The second kappa shape index (κ2) is 8.75. The first-order valence-corrected chi connectivity index (χ1v) is 11.6. The molecule has 0 saturated heterocycles. The summed E-state index contributed by atoms with van der Waals surface area (Å²) in [6.45, 7) is 2.25. The lowest BCUT2D eigenvalue weighted by molar-refractivity contribution is -0.172. The summed E-state index contributed by atoms with van der Waals surface area (Å²) in [4.78, 5) is 42.1. The number of nitrogens with zero attached hydrogens (tertiary/aromatic N) is 2. The Morgan fingerprint density at radius 3 is 2.89 bits per heavy atom. The first-order valence-electron chi connectivity index (χ1n) is 11.6. The van der Waals surface area contributed by atoms with Gasteiger partial charge in [-0.25, -0.2) is 9.78 Å². The van der Waals surface area contributed by atoms with Gasteiger partial charge in [0.2, 0.25) is 5.91 Å². The largest absolute Gasteiger partial charge is 0.458 e. The first kappa shape index (κ1) is 22.9. The normalized spacial score (nSPS) is 18.3. The SMILES string of the molecule is CC[C@@]1(O)C(=O)OCc2c1cc1n(c2=O)Cc2c-1nc1ccccc1c2/C=C/CCNC(=O)CN. The van der Waals surface area contributed by atoms with Crippen molar-refractivity contribution in [3.8, 4) is 11.4 Å². The second-order valence-electron chi connectivity index (χ2n) is 8.72. The molecule has 0 saturated carbocycles. The van der Waals surface area contributed by atoms with Crippen molar-refractivity contribution in [2.45, 2.75) is 38.5 Å². The van der Waals surface area contributed by atoms with Crippen LogP contribution in [0.25, 0.3) is 28.4 Å². The number of aliphatic hydroxyl groups is 1. The van der Waals surface area contributed by atoms with Crippen molar-refractivity contribution >= 4 is 28.9 Å². The van der Waals surface area contributed by atoms with Crippen molar-refractivity contribution in [3.05, 3.63) is 69.0 Å². The Bertz CT molecular complexity index is 1460. The Morgan fingerprint density at radius 2 is 2.11 bits per heavy atom. The van der Waals surface area contributed by atoms with E-state index in [1.807, 2.05) is 36.4 Å². The Labute approximate surface area is 201 Å². The highest BCUT2D eigenvalue weighted by Crippen LogP contribution is 2.40. The lowest BCUT2D eigenvalue weighted by Crippen LogP contribution is -2.44. The van der Waals surface area contributed by atoms with Crippen molar-refractivity contribution in [1.29, 1.82) is 0 Å². The Balaban J connectivity index is 1.63. The van der Waals surface area contributed by atoms with Crippen molar-refractivity contribution in [1.82, 2.24) is 14.9 Å². The average molecular weight is 475 g/mol. The summed E-state index contributed by atoms with van der Waals surface area (Å²) in [7, 11) is 0. The molecule has 35 heavy (non-hydrogen) atoms. The number of ether oxygens (including phenoxy) is 1. The third-order valence-electron chi connectivity index (χ3n) is 6.74. The van der Waals surface area contributed by atoms with E-state index >= 15 is 0 Å².